The Balaban J connectivity index is 0.00000420. The van der Waals surface area contributed by atoms with Crippen molar-refractivity contribution in [3.8, 4) is 0 Å². The van der Waals surface area contributed by atoms with Gasteiger partial charge in [0, 0.05) is 45.8 Å². The van der Waals surface area contributed by atoms with E-state index in [9.17, 15) is 4.79 Å². The zero-order valence-corrected chi connectivity index (χ0v) is 20.7. The fraction of sp³-hybridized carbons (Fsp3) is 0.636. The summed E-state index contributed by atoms with van der Waals surface area (Å²) in [6.45, 7) is 7.59. The Kier molecular flexibility index (Phi) is 12.2. The van der Waals surface area contributed by atoms with Crippen LogP contribution in [0.3, 0.4) is 0 Å². The Morgan fingerprint density at radius 2 is 2.00 bits per heavy atom. The summed E-state index contributed by atoms with van der Waals surface area (Å²) in [7, 11) is 3.53. The Morgan fingerprint density at radius 3 is 2.62 bits per heavy atom. The Labute approximate surface area is 193 Å². The van der Waals surface area contributed by atoms with Gasteiger partial charge in [-0.3, -0.25) is 9.69 Å². The third-order valence-corrected chi connectivity index (χ3v) is 5.28. The van der Waals surface area contributed by atoms with E-state index in [1.54, 1.807) is 19.0 Å². The molecule has 1 aromatic rings. The second-order valence-electron chi connectivity index (χ2n) is 7.90. The third kappa shape index (κ3) is 9.33. The second-order valence-corrected chi connectivity index (χ2v) is 7.90. The molecule has 0 radical (unpaired) electrons. The second kappa shape index (κ2) is 13.8. The van der Waals surface area contributed by atoms with Gasteiger partial charge in [-0.2, -0.15) is 0 Å². The fourth-order valence-corrected chi connectivity index (χ4v) is 3.42. The average Bonchev–Trinajstić information content (AvgIpc) is 2.68. The number of hydrogen-bond acceptors (Lipinski definition) is 3. The molecule has 1 heterocycles. The van der Waals surface area contributed by atoms with Gasteiger partial charge in [0.1, 0.15) is 6.54 Å². The molecule has 2 atom stereocenters. The van der Waals surface area contributed by atoms with E-state index >= 15 is 0 Å². The van der Waals surface area contributed by atoms with Gasteiger partial charge in [-0.1, -0.05) is 43.7 Å². The van der Waals surface area contributed by atoms with E-state index in [1.165, 1.54) is 5.56 Å². The average molecular weight is 515 g/mol. The van der Waals surface area contributed by atoms with Gasteiger partial charge in [-0.05, 0) is 31.7 Å². The van der Waals surface area contributed by atoms with Crippen LogP contribution in [-0.4, -0.2) is 67.5 Å². The maximum absolute atomic E-state index is 11.9. The number of amides is 1. The Bertz CT molecular complexity index is 623. The van der Waals surface area contributed by atoms with Crippen LogP contribution in [0.15, 0.2) is 35.3 Å². The van der Waals surface area contributed by atoms with Crippen LogP contribution < -0.4 is 10.6 Å². The topological polar surface area (TPSA) is 60.0 Å². The number of aliphatic imine (C=N–C) groups is 1. The van der Waals surface area contributed by atoms with E-state index in [-0.39, 0.29) is 36.4 Å². The molecule has 2 rings (SSSR count). The monoisotopic (exact) mass is 515 g/mol. The van der Waals surface area contributed by atoms with E-state index in [4.69, 9.17) is 0 Å². The lowest BCUT2D eigenvalue weighted by atomic mass is 9.97. The summed E-state index contributed by atoms with van der Waals surface area (Å²) in [6.07, 6.45) is 4.37. The van der Waals surface area contributed by atoms with Crippen LogP contribution >= 0.6 is 24.0 Å². The first kappa shape index (κ1) is 25.7. The van der Waals surface area contributed by atoms with Gasteiger partial charge < -0.3 is 15.5 Å². The quantitative estimate of drug-likeness (QED) is 0.242. The molecule has 2 unspecified atom stereocenters. The first-order valence-corrected chi connectivity index (χ1v) is 10.5. The molecule has 0 aliphatic carbocycles. The number of likely N-dealkylation sites (N-methyl/N-ethyl adjacent to an activating group) is 1. The zero-order chi connectivity index (χ0) is 20.4. The van der Waals surface area contributed by atoms with Crippen LogP contribution in [0.25, 0.3) is 0 Å². The molecule has 1 aromatic carbocycles. The van der Waals surface area contributed by atoms with Crippen molar-refractivity contribution in [2.75, 3.05) is 33.7 Å². The predicted molar refractivity (Wildman–Crippen MR) is 132 cm³/mol. The summed E-state index contributed by atoms with van der Waals surface area (Å²) in [5.41, 5.74) is 1.37. The number of likely N-dealkylation sites (tertiary alicyclic amines) is 1. The third-order valence-electron chi connectivity index (χ3n) is 5.28. The minimum absolute atomic E-state index is 0. The maximum Gasteiger partial charge on any atom is 0.243 e. The van der Waals surface area contributed by atoms with Crippen molar-refractivity contribution in [1.29, 1.82) is 0 Å². The van der Waals surface area contributed by atoms with Crippen LogP contribution in [0.2, 0.25) is 0 Å². The van der Waals surface area contributed by atoms with Gasteiger partial charge in [-0.25, -0.2) is 4.99 Å². The Hall–Kier alpha value is -1.35. The Morgan fingerprint density at radius 1 is 1.28 bits per heavy atom. The van der Waals surface area contributed by atoms with Crippen LogP contribution in [0.1, 0.15) is 45.1 Å². The van der Waals surface area contributed by atoms with Crippen molar-refractivity contribution >= 4 is 35.8 Å². The molecule has 1 saturated heterocycles. The van der Waals surface area contributed by atoms with Crippen molar-refractivity contribution in [2.24, 2.45) is 4.99 Å². The van der Waals surface area contributed by atoms with Crippen molar-refractivity contribution in [3.05, 3.63) is 35.9 Å². The number of guanidine groups is 1. The number of carbonyl (C=O) groups excluding carboxylic acids is 1. The molecule has 0 bridgehead atoms. The van der Waals surface area contributed by atoms with E-state index < -0.39 is 0 Å². The van der Waals surface area contributed by atoms with Crippen LogP contribution in [0, 0.1) is 0 Å². The van der Waals surface area contributed by atoms with E-state index in [0.29, 0.717) is 12.1 Å². The van der Waals surface area contributed by atoms with Gasteiger partial charge in [0.2, 0.25) is 5.91 Å². The van der Waals surface area contributed by atoms with Crippen molar-refractivity contribution < 1.29 is 4.79 Å². The predicted octanol–water partition coefficient (Wildman–Crippen LogP) is 3.08. The number of benzene rings is 1. The van der Waals surface area contributed by atoms with Crippen LogP contribution in [0.5, 0.6) is 0 Å². The summed E-state index contributed by atoms with van der Waals surface area (Å²) < 4.78 is 0. The smallest absolute Gasteiger partial charge is 0.243 e. The summed E-state index contributed by atoms with van der Waals surface area (Å²) in [5, 5.41) is 6.95. The molecular formula is C22H38IN5O. The molecule has 0 spiro atoms. The van der Waals surface area contributed by atoms with Crippen LogP contribution in [-0.2, 0) is 11.3 Å². The molecule has 29 heavy (non-hydrogen) atoms. The number of nitrogens with zero attached hydrogens (tertiary/aromatic N) is 3. The van der Waals surface area contributed by atoms with Crippen molar-refractivity contribution in [3.63, 3.8) is 0 Å². The number of nitrogens with one attached hydrogen (secondary N) is 2. The minimum Gasteiger partial charge on any atom is -0.356 e. The summed E-state index contributed by atoms with van der Waals surface area (Å²) in [6, 6.07) is 11.6. The van der Waals surface area contributed by atoms with E-state index in [1.807, 2.05) is 0 Å². The number of halogens is 1. The lowest BCUT2D eigenvalue weighted by molar-refractivity contribution is -0.127. The van der Waals surface area contributed by atoms with Crippen molar-refractivity contribution in [1.82, 2.24) is 20.4 Å². The number of unbranched alkanes of at least 4 members (excludes halogenated alkanes) is 1. The van der Waals surface area contributed by atoms with Gasteiger partial charge >= 0.3 is 0 Å². The van der Waals surface area contributed by atoms with Gasteiger partial charge in [0.25, 0.3) is 0 Å². The summed E-state index contributed by atoms with van der Waals surface area (Å²) >= 11 is 0. The van der Waals surface area contributed by atoms with Gasteiger partial charge in [0.15, 0.2) is 5.96 Å². The molecule has 1 amide bonds. The molecule has 0 saturated carbocycles. The standard InChI is InChI=1S/C22H37N5O.HI/c1-5-6-13-23-22(24-16-21(28)26(3)4)25-20-12-14-27(18(2)15-20)17-19-10-8-7-9-11-19;/h7-11,18,20H,5-6,12-17H2,1-4H3,(H2,23,24,25);1H. The lowest BCUT2D eigenvalue weighted by Crippen LogP contribution is -2.51. The molecule has 164 valence electrons. The first-order valence-electron chi connectivity index (χ1n) is 10.5. The van der Waals surface area contributed by atoms with Crippen LogP contribution in [0.4, 0.5) is 0 Å². The largest absolute Gasteiger partial charge is 0.356 e. The fourth-order valence-electron chi connectivity index (χ4n) is 3.42. The maximum atomic E-state index is 11.9. The lowest BCUT2D eigenvalue weighted by Gasteiger charge is -2.38. The molecule has 1 fully saturated rings. The highest BCUT2D eigenvalue weighted by Gasteiger charge is 2.26. The molecule has 2 N–H and O–H groups in total. The highest BCUT2D eigenvalue weighted by atomic mass is 127. The highest BCUT2D eigenvalue weighted by molar-refractivity contribution is 14.0. The molecule has 0 aromatic heterocycles. The van der Waals surface area contributed by atoms with Crippen molar-refractivity contribution in [2.45, 2.75) is 58.2 Å². The number of piperidine rings is 1. The SMILES string of the molecule is CCCCNC(=NCC(=O)N(C)C)NC1CCN(Cc2ccccc2)C(C)C1.I. The molecule has 1 aliphatic rings. The molecule has 6 nitrogen and oxygen atoms in total. The number of rotatable bonds is 8. The highest BCUT2D eigenvalue weighted by Crippen LogP contribution is 2.19. The summed E-state index contributed by atoms with van der Waals surface area (Å²) in [4.78, 5) is 20.5. The summed E-state index contributed by atoms with van der Waals surface area (Å²) in [5.74, 6) is 0.778. The van der Waals surface area contributed by atoms with Gasteiger partial charge in [-0.15, -0.1) is 24.0 Å². The normalized spacial score (nSPS) is 19.9. The molecule has 7 heteroatoms. The van der Waals surface area contributed by atoms with E-state index in [2.05, 4.69) is 64.7 Å². The first-order chi connectivity index (χ1) is 13.5. The number of hydrogen-bond donors (Lipinski definition) is 2. The van der Waals surface area contributed by atoms with Gasteiger partial charge in [0.05, 0.1) is 0 Å². The zero-order valence-electron chi connectivity index (χ0n) is 18.4. The molecular weight excluding hydrogens is 477 g/mol. The molecule has 1 aliphatic heterocycles. The number of carbonyl (C=O) groups is 1. The minimum atomic E-state index is 0. The van der Waals surface area contributed by atoms with E-state index in [0.717, 1.165) is 51.3 Å².